The lowest BCUT2D eigenvalue weighted by Gasteiger charge is -1.69. The Balaban J connectivity index is -0.000000155. The molecule has 0 aromatic heterocycles. The summed E-state index contributed by atoms with van der Waals surface area (Å²) in [6.45, 7) is 12.1. The zero-order valence-corrected chi connectivity index (χ0v) is 11.9. The third-order valence-electron chi connectivity index (χ3n) is 1.02. The van der Waals surface area contributed by atoms with Crippen molar-refractivity contribution in [3.63, 3.8) is 0 Å². The average molecular weight is 220 g/mol. The van der Waals surface area contributed by atoms with E-state index < -0.39 is 0 Å². The van der Waals surface area contributed by atoms with Gasteiger partial charge in [-0.2, -0.15) is 0 Å². The molecule has 0 amide bonds. The maximum absolute atomic E-state index is 2.86. The van der Waals surface area contributed by atoms with Crippen LogP contribution in [0, 0.1) is 11.8 Å². The Morgan fingerprint density at radius 1 is 0.750 bits per heavy atom. The second-order valence-corrected chi connectivity index (χ2v) is 2.64. The van der Waals surface area contributed by atoms with Crippen LogP contribution in [0.25, 0.3) is 0 Å². The molecule has 0 saturated heterocycles. The molecule has 0 spiro atoms. The van der Waals surface area contributed by atoms with Gasteiger partial charge in [-0.25, -0.2) is 0 Å². The van der Waals surface area contributed by atoms with E-state index in [0.29, 0.717) is 0 Å². The summed E-state index contributed by atoms with van der Waals surface area (Å²) in [7, 11) is 0. The molecule has 0 saturated carbocycles. The summed E-state index contributed by atoms with van der Waals surface area (Å²) in [6, 6.07) is 12.0. The van der Waals surface area contributed by atoms with E-state index in [2.05, 4.69) is 25.7 Å². The Hall–Kier alpha value is -1.22. The summed E-state index contributed by atoms with van der Waals surface area (Å²) in [6.07, 6.45) is 2.23. The molecule has 1 aromatic rings. The van der Waals surface area contributed by atoms with Crippen molar-refractivity contribution in [1.29, 1.82) is 0 Å². The molecule has 0 bridgehead atoms. The van der Waals surface area contributed by atoms with Crippen LogP contribution in [0.15, 0.2) is 36.4 Å². The maximum Gasteiger partial charge on any atom is 0.00601 e. The van der Waals surface area contributed by atoms with Crippen molar-refractivity contribution in [3.05, 3.63) is 36.4 Å². The fourth-order valence-corrected chi connectivity index (χ4v) is 0.562. The predicted molar refractivity (Wildman–Crippen MR) is 77.5 cm³/mol. The quantitative estimate of drug-likeness (QED) is 0.503. The lowest BCUT2D eigenvalue weighted by molar-refractivity contribution is 1.09. The third kappa shape index (κ3) is 38.6. The molecule has 16 heavy (non-hydrogen) atoms. The van der Waals surface area contributed by atoms with Crippen LogP contribution in [0.3, 0.4) is 0 Å². The molecule has 0 radical (unpaired) electrons. The van der Waals surface area contributed by atoms with Gasteiger partial charge >= 0.3 is 0 Å². The van der Waals surface area contributed by atoms with Crippen molar-refractivity contribution in [1.82, 2.24) is 0 Å². The minimum Gasteiger partial charge on any atom is -0.107 e. The minimum absolute atomic E-state index is 0.983. The molecule has 1 aromatic carbocycles. The lowest BCUT2D eigenvalue weighted by Crippen LogP contribution is -1.47. The van der Waals surface area contributed by atoms with Gasteiger partial charge in [-0.3, -0.25) is 0 Å². The summed E-state index contributed by atoms with van der Waals surface area (Å²) in [5.74, 6) is 5.63. The SMILES string of the molecule is CC.CC#CCC.CCC.c1ccccc1. The first kappa shape index (κ1) is 20.2. The van der Waals surface area contributed by atoms with Gasteiger partial charge in [0.05, 0.1) is 0 Å². The van der Waals surface area contributed by atoms with E-state index in [-0.39, 0.29) is 0 Å². The van der Waals surface area contributed by atoms with E-state index in [9.17, 15) is 0 Å². The minimum atomic E-state index is 0.983. The summed E-state index contributed by atoms with van der Waals surface area (Å²) in [4.78, 5) is 0. The van der Waals surface area contributed by atoms with Crippen molar-refractivity contribution in [2.24, 2.45) is 0 Å². The van der Waals surface area contributed by atoms with Crippen LogP contribution >= 0.6 is 0 Å². The van der Waals surface area contributed by atoms with Crippen LogP contribution in [0.4, 0.5) is 0 Å². The van der Waals surface area contributed by atoms with E-state index in [1.165, 1.54) is 6.42 Å². The zero-order chi connectivity index (χ0) is 13.1. The topological polar surface area (TPSA) is 0 Å². The van der Waals surface area contributed by atoms with Gasteiger partial charge < -0.3 is 0 Å². The van der Waals surface area contributed by atoms with Gasteiger partial charge in [0.15, 0.2) is 0 Å². The van der Waals surface area contributed by atoms with Gasteiger partial charge in [0.2, 0.25) is 0 Å². The average Bonchev–Trinajstić information content (AvgIpc) is 2.37. The van der Waals surface area contributed by atoms with Crippen LogP contribution < -0.4 is 0 Å². The van der Waals surface area contributed by atoms with Gasteiger partial charge in [0.25, 0.3) is 0 Å². The van der Waals surface area contributed by atoms with Crippen molar-refractivity contribution in [3.8, 4) is 11.8 Å². The van der Waals surface area contributed by atoms with E-state index in [4.69, 9.17) is 0 Å². The first-order chi connectivity index (χ1) is 7.83. The molecule has 0 aliphatic rings. The number of benzene rings is 1. The first-order valence-corrected chi connectivity index (χ1v) is 6.22. The Morgan fingerprint density at radius 3 is 1.06 bits per heavy atom. The number of hydrogen-bond donors (Lipinski definition) is 0. The van der Waals surface area contributed by atoms with Crippen molar-refractivity contribution in [2.45, 2.75) is 54.4 Å². The van der Waals surface area contributed by atoms with Gasteiger partial charge in [0, 0.05) is 6.42 Å². The molecule has 0 nitrogen and oxygen atoms in total. The lowest BCUT2D eigenvalue weighted by atomic mass is 10.4. The molecule has 0 heterocycles. The van der Waals surface area contributed by atoms with Crippen LogP contribution in [0.2, 0.25) is 0 Å². The predicted octanol–water partition coefficient (Wildman–Crippen LogP) is 5.55. The van der Waals surface area contributed by atoms with E-state index >= 15 is 0 Å². The molecule has 0 fully saturated rings. The van der Waals surface area contributed by atoms with Crippen LogP contribution in [-0.2, 0) is 0 Å². The Morgan fingerprint density at radius 2 is 1.00 bits per heavy atom. The molecule has 0 aliphatic heterocycles. The van der Waals surface area contributed by atoms with Crippen LogP contribution in [0.5, 0.6) is 0 Å². The molecule has 92 valence electrons. The van der Waals surface area contributed by atoms with E-state index in [1.54, 1.807) is 0 Å². The highest BCUT2D eigenvalue weighted by atomic mass is 13.6. The Labute approximate surface area is 103 Å². The summed E-state index contributed by atoms with van der Waals surface area (Å²) in [5.41, 5.74) is 0. The smallest absolute Gasteiger partial charge is 0.00601 e. The first-order valence-electron chi connectivity index (χ1n) is 6.22. The second kappa shape index (κ2) is 29.2. The highest BCUT2D eigenvalue weighted by molar-refractivity contribution is 4.99. The molecular formula is C16H28. The number of hydrogen-bond acceptors (Lipinski definition) is 0. The molecular weight excluding hydrogens is 192 g/mol. The van der Waals surface area contributed by atoms with Gasteiger partial charge in [-0.05, 0) is 6.92 Å². The summed E-state index contributed by atoms with van der Waals surface area (Å²) < 4.78 is 0. The fourth-order valence-electron chi connectivity index (χ4n) is 0.562. The maximum atomic E-state index is 2.86. The highest BCUT2D eigenvalue weighted by Gasteiger charge is 1.57. The van der Waals surface area contributed by atoms with Crippen molar-refractivity contribution in [2.75, 3.05) is 0 Å². The largest absolute Gasteiger partial charge is 0.107 e. The van der Waals surface area contributed by atoms with Gasteiger partial charge in [-0.1, -0.05) is 77.4 Å². The highest BCUT2D eigenvalue weighted by Crippen LogP contribution is 1.79. The zero-order valence-electron chi connectivity index (χ0n) is 11.9. The molecule has 0 aliphatic carbocycles. The summed E-state index contributed by atoms with van der Waals surface area (Å²) in [5, 5.41) is 0. The van der Waals surface area contributed by atoms with Crippen LogP contribution in [0.1, 0.15) is 54.4 Å². The summed E-state index contributed by atoms with van der Waals surface area (Å²) >= 11 is 0. The Kier molecular flexibility index (Phi) is 36.9. The van der Waals surface area contributed by atoms with Crippen molar-refractivity contribution >= 4 is 0 Å². The van der Waals surface area contributed by atoms with Gasteiger partial charge in [0.1, 0.15) is 0 Å². The standard InChI is InChI=1S/C6H6.C5H8.C3H8.C2H6/c1-2-4-6-5-3-1;1-3-5-4-2;1-3-2;1-2/h1-6H;3H2,1-2H3;3H2,1-2H3;1-2H3. The van der Waals surface area contributed by atoms with Gasteiger partial charge in [-0.15, -0.1) is 11.8 Å². The molecule has 0 atom stereocenters. The van der Waals surface area contributed by atoms with E-state index in [1.807, 2.05) is 64.1 Å². The van der Waals surface area contributed by atoms with Crippen LogP contribution in [-0.4, -0.2) is 0 Å². The second-order valence-electron chi connectivity index (χ2n) is 2.64. The Bertz CT molecular complexity index is 186. The van der Waals surface area contributed by atoms with Crippen molar-refractivity contribution < 1.29 is 0 Å². The normalized spacial score (nSPS) is 6.12. The molecule has 0 unspecified atom stereocenters. The fraction of sp³-hybridized carbons (Fsp3) is 0.500. The third-order valence-corrected chi connectivity index (χ3v) is 1.02. The molecule has 0 N–H and O–H groups in total. The molecule has 1 rings (SSSR count). The van der Waals surface area contributed by atoms with E-state index in [0.717, 1.165) is 6.42 Å². The monoisotopic (exact) mass is 220 g/mol. The molecule has 0 heteroatoms. The number of rotatable bonds is 0.